The molecular weight excluding hydrogens is 311 g/mol. The van der Waals surface area contributed by atoms with E-state index >= 15 is 0 Å². The molecule has 22 heavy (non-hydrogen) atoms. The number of rotatable bonds is 4. The highest BCUT2D eigenvalue weighted by molar-refractivity contribution is 5.85. The zero-order chi connectivity index (χ0) is 14.7. The van der Waals surface area contributed by atoms with Crippen LogP contribution in [0.1, 0.15) is 5.89 Å². The standard InChI is InChI=1S/C14H17FN4O2.ClH/c15-11-3-1-10(2-4-11)14-17-13(21-18-14)9-19-5-6-20-12(7-16)8-19;/h1-4,12H,5-9,16H2;1H. The SMILES string of the molecule is Cl.NCC1CN(Cc2nc(-c3ccc(F)cc3)no2)CCO1. The van der Waals surface area contributed by atoms with E-state index in [4.69, 9.17) is 15.0 Å². The van der Waals surface area contributed by atoms with E-state index in [9.17, 15) is 4.39 Å². The first-order chi connectivity index (χ1) is 10.2. The number of nitrogens with zero attached hydrogens (tertiary/aromatic N) is 3. The normalized spacial score (nSPS) is 18.9. The second-order valence-electron chi connectivity index (χ2n) is 4.98. The van der Waals surface area contributed by atoms with E-state index < -0.39 is 0 Å². The second-order valence-corrected chi connectivity index (χ2v) is 4.98. The summed E-state index contributed by atoms with van der Waals surface area (Å²) in [5.74, 6) is 0.712. The van der Waals surface area contributed by atoms with Gasteiger partial charge in [-0.2, -0.15) is 4.98 Å². The summed E-state index contributed by atoms with van der Waals surface area (Å²) in [5, 5.41) is 3.93. The Hall–Kier alpha value is -1.54. The molecule has 1 aromatic carbocycles. The maximum atomic E-state index is 12.9. The number of morpholine rings is 1. The lowest BCUT2D eigenvalue weighted by atomic mass is 10.2. The second kappa shape index (κ2) is 7.64. The maximum Gasteiger partial charge on any atom is 0.241 e. The molecule has 1 atom stereocenters. The average molecular weight is 329 g/mol. The molecule has 1 aromatic heterocycles. The van der Waals surface area contributed by atoms with Crippen LogP contribution in [-0.4, -0.2) is 47.4 Å². The van der Waals surface area contributed by atoms with Gasteiger partial charge < -0.3 is 15.0 Å². The van der Waals surface area contributed by atoms with Crippen LogP contribution in [0.15, 0.2) is 28.8 Å². The van der Waals surface area contributed by atoms with Crippen molar-refractivity contribution in [3.63, 3.8) is 0 Å². The van der Waals surface area contributed by atoms with Crippen LogP contribution in [0.5, 0.6) is 0 Å². The van der Waals surface area contributed by atoms with E-state index in [1.165, 1.54) is 12.1 Å². The molecule has 2 heterocycles. The van der Waals surface area contributed by atoms with Crippen molar-refractivity contribution in [3.05, 3.63) is 36.0 Å². The van der Waals surface area contributed by atoms with Crippen molar-refractivity contribution in [3.8, 4) is 11.4 Å². The summed E-state index contributed by atoms with van der Waals surface area (Å²) < 4.78 is 23.7. The minimum absolute atomic E-state index is 0. The smallest absolute Gasteiger partial charge is 0.241 e. The summed E-state index contributed by atoms with van der Waals surface area (Å²) in [6, 6.07) is 6.00. The molecule has 0 bridgehead atoms. The number of ether oxygens (including phenoxy) is 1. The van der Waals surface area contributed by atoms with Gasteiger partial charge in [0, 0.05) is 25.2 Å². The van der Waals surface area contributed by atoms with Gasteiger partial charge >= 0.3 is 0 Å². The molecule has 2 N–H and O–H groups in total. The van der Waals surface area contributed by atoms with Crippen molar-refractivity contribution in [1.82, 2.24) is 15.0 Å². The zero-order valence-corrected chi connectivity index (χ0v) is 12.8. The molecule has 0 radical (unpaired) electrons. The molecule has 1 unspecified atom stereocenters. The van der Waals surface area contributed by atoms with E-state index in [0.717, 1.165) is 18.7 Å². The van der Waals surface area contributed by atoms with Crippen molar-refractivity contribution in [2.24, 2.45) is 5.73 Å². The Balaban J connectivity index is 0.00000176. The third-order valence-corrected chi connectivity index (χ3v) is 3.42. The summed E-state index contributed by atoms with van der Waals surface area (Å²) in [7, 11) is 0. The summed E-state index contributed by atoms with van der Waals surface area (Å²) in [6.07, 6.45) is 0.0539. The Kier molecular flexibility index (Phi) is 5.84. The van der Waals surface area contributed by atoms with Crippen LogP contribution in [0.3, 0.4) is 0 Å². The molecule has 0 saturated carbocycles. The predicted molar refractivity (Wildman–Crippen MR) is 81.0 cm³/mol. The van der Waals surface area contributed by atoms with Crippen LogP contribution in [0.2, 0.25) is 0 Å². The molecule has 2 aromatic rings. The number of halogens is 2. The van der Waals surface area contributed by atoms with E-state index in [1.54, 1.807) is 12.1 Å². The van der Waals surface area contributed by atoms with Crippen molar-refractivity contribution in [2.45, 2.75) is 12.6 Å². The molecule has 0 aliphatic carbocycles. The summed E-state index contributed by atoms with van der Waals surface area (Å²) in [4.78, 5) is 6.51. The van der Waals surface area contributed by atoms with Gasteiger partial charge in [0.25, 0.3) is 0 Å². The number of hydrogen-bond acceptors (Lipinski definition) is 6. The lowest BCUT2D eigenvalue weighted by Crippen LogP contribution is -2.45. The fourth-order valence-corrected chi connectivity index (χ4v) is 2.29. The summed E-state index contributed by atoms with van der Waals surface area (Å²) in [5.41, 5.74) is 6.35. The quantitative estimate of drug-likeness (QED) is 0.915. The Labute approximate surface area is 133 Å². The molecular formula is C14H18ClFN4O2. The van der Waals surface area contributed by atoms with Crippen LogP contribution < -0.4 is 5.73 Å². The van der Waals surface area contributed by atoms with E-state index in [1.807, 2.05) is 0 Å². The Morgan fingerprint density at radius 3 is 2.82 bits per heavy atom. The topological polar surface area (TPSA) is 77.4 Å². The molecule has 120 valence electrons. The first kappa shape index (κ1) is 16.8. The molecule has 1 fully saturated rings. The van der Waals surface area contributed by atoms with E-state index in [-0.39, 0.29) is 24.3 Å². The molecule has 8 heteroatoms. The van der Waals surface area contributed by atoms with Crippen LogP contribution in [0.25, 0.3) is 11.4 Å². The van der Waals surface area contributed by atoms with Gasteiger partial charge in [-0.15, -0.1) is 12.4 Å². The van der Waals surface area contributed by atoms with Gasteiger partial charge in [-0.1, -0.05) is 5.16 Å². The average Bonchev–Trinajstić information content (AvgIpc) is 2.96. The molecule has 6 nitrogen and oxygen atoms in total. The van der Waals surface area contributed by atoms with Crippen molar-refractivity contribution < 1.29 is 13.7 Å². The molecule has 3 rings (SSSR count). The van der Waals surface area contributed by atoms with E-state index in [0.29, 0.717) is 31.4 Å². The first-order valence-electron chi connectivity index (χ1n) is 6.87. The number of aromatic nitrogens is 2. The first-order valence-corrected chi connectivity index (χ1v) is 6.87. The maximum absolute atomic E-state index is 12.9. The predicted octanol–water partition coefficient (Wildman–Crippen LogP) is 1.46. The van der Waals surface area contributed by atoms with E-state index in [2.05, 4.69) is 15.0 Å². The van der Waals surface area contributed by atoms with Gasteiger partial charge in [0.05, 0.1) is 19.3 Å². The lowest BCUT2D eigenvalue weighted by molar-refractivity contribution is -0.0288. The monoisotopic (exact) mass is 328 g/mol. The van der Waals surface area contributed by atoms with Crippen LogP contribution in [0.4, 0.5) is 4.39 Å². The molecule has 0 spiro atoms. The summed E-state index contributed by atoms with van der Waals surface area (Å²) in [6.45, 7) is 3.28. The highest BCUT2D eigenvalue weighted by Gasteiger charge is 2.21. The van der Waals surface area contributed by atoms with Crippen LogP contribution in [0, 0.1) is 5.82 Å². The van der Waals surface area contributed by atoms with Crippen molar-refractivity contribution in [2.75, 3.05) is 26.2 Å². The largest absolute Gasteiger partial charge is 0.374 e. The zero-order valence-electron chi connectivity index (χ0n) is 11.9. The number of nitrogens with two attached hydrogens (primary N) is 1. The van der Waals surface area contributed by atoms with Crippen LogP contribution >= 0.6 is 12.4 Å². The molecule has 0 amide bonds. The van der Waals surface area contributed by atoms with Crippen molar-refractivity contribution >= 4 is 12.4 Å². The van der Waals surface area contributed by atoms with Gasteiger partial charge in [0.15, 0.2) is 0 Å². The Morgan fingerprint density at radius 2 is 2.09 bits per heavy atom. The Bertz CT molecular complexity index is 593. The van der Waals surface area contributed by atoms with Gasteiger partial charge in [-0.05, 0) is 24.3 Å². The van der Waals surface area contributed by atoms with Gasteiger partial charge in [-0.25, -0.2) is 4.39 Å². The third-order valence-electron chi connectivity index (χ3n) is 3.42. The van der Waals surface area contributed by atoms with Gasteiger partial charge in [0.1, 0.15) is 5.82 Å². The molecule has 1 saturated heterocycles. The third kappa shape index (κ3) is 4.01. The highest BCUT2D eigenvalue weighted by atomic mass is 35.5. The van der Waals surface area contributed by atoms with Gasteiger partial charge in [-0.3, -0.25) is 4.90 Å². The minimum Gasteiger partial charge on any atom is -0.374 e. The highest BCUT2D eigenvalue weighted by Crippen LogP contribution is 2.17. The van der Waals surface area contributed by atoms with Crippen molar-refractivity contribution in [1.29, 1.82) is 0 Å². The summed E-state index contributed by atoms with van der Waals surface area (Å²) >= 11 is 0. The number of benzene rings is 1. The molecule has 1 aliphatic heterocycles. The Morgan fingerprint density at radius 1 is 1.32 bits per heavy atom. The lowest BCUT2D eigenvalue weighted by Gasteiger charge is -2.31. The van der Waals surface area contributed by atoms with Gasteiger partial charge in [0.2, 0.25) is 11.7 Å². The fourth-order valence-electron chi connectivity index (χ4n) is 2.29. The number of hydrogen-bond donors (Lipinski definition) is 1. The molecule has 1 aliphatic rings. The van der Waals surface area contributed by atoms with Crippen LogP contribution in [-0.2, 0) is 11.3 Å². The minimum atomic E-state index is -0.288. The fraction of sp³-hybridized carbons (Fsp3) is 0.429.